The lowest BCUT2D eigenvalue weighted by molar-refractivity contribution is 0.470. The highest BCUT2D eigenvalue weighted by atomic mass is 16.3. The highest BCUT2D eigenvalue weighted by molar-refractivity contribution is 5.40. The van der Waals surface area contributed by atoms with Crippen LogP contribution < -0.4 is 0 Å². The summed E-state index contributed by atoms with van der Waals surface area (Å²) in [7, 11) is 0. The van der Waals surface area contributed by atoms with E-state index in [-0.39, 0.29) is 0 Å². The number of phenolic OH excluding ortho intramolecular Hbond substituents is 1. The molecule has 1 N–H and O–H groups in total. The van der Waals surface area contributed by atoms with Gasteiger partial charge in [0, 0.05) is 11.5 Å². The van der Waals surface area contributed by atoms with Gasteiger partial charge in [-0.25, -0.2) is 0 Å². The van der Waals surface area contributed by atoms with Crippen LogP contribution in [0.15, 0.2) is 24.3 Å². The van der Waals surface area contributed by atoms with Crippen LogP contribution in [0.4, 0.5) is 0 Å². The molecule has 1 radical (unpaired) electrons. The Bertz CT molecular complexity index is 216. The molecule has 0 aliphatic carbocycles. The molecule has 0 aliphatic rings. The van der Waals surface area contributed by atoms with Gasteiger partial charge < -0.3 is 5.11 Å². The number of aromatic hydroxyl groups is 1. The van der Waals surface area contributed by atoms with Gasteiger partial charge in [0.2, 0.25) is 0 Å². The molecule has 0 unspecified atom stereocenters. The third kappa shape index (κ3) is 1.29. The molecule has 1 aromatic rings. The number of phenols is 1. The van der Waals surface area contributed by atoms with E-state index in [0.717, 1.165) is 11.5 Å². The molecule has 0 aromatic heterocycles. The lowest BCUT2D eigenvalue weighted by atomic mass is 10.0. The number of benzene rings is 1. The molecule has 0 saturated carbocycles. The Labute approximate surface area is 61.3 Å². The average Bonchev–Trinajstić information content (AvgIpc) is 1.88. The summed E-state index contributed by atoms with van der Waals surface area (Å²) in [6, 6.07) is 7.34. The largest absolute Gasteiger partial charge is 0.508 e. The van der Waals surface area contributed by atoms with E-state index in [1.807, 2.05) is 32.0 Å². The first kappa shape index (κ1) is 7.13. The second-order valence-electron chi connectivity index (χ2n) is 2.52. The Kier molecular flexibility index (Phi) is 1.95. The zero-order valence-corrected chi connectivity index (χ0v) is 6.26. The van der Waals surface area contributed by atoms with Crippen LogP contribution in [0.25, 0.3) is 0 Å². The fraction of sp³-hybridized carbons (Fsp3) is 0.222. The highest BCUT2D eigenvalue weighted by Crippen LogP contribution is 2.22. The standard InChI is InChI=1S/C9H11O/c1-7(2)8-5-3-4-6-9(8)10/h3-6,10H,1-2H3. The van der Waals surface area contributed by atoms with E-state index in [4.69, 9.17) is 0 Å². The third-order valence-electron chi connectivity index (χ3n) is 1.44. The molecule has 1 rings (SSSR count). The van der Waals surface area contributed by atoms with E-state index in [1.165, 1.54) is 0 Å². The Hall–Kier alpha value is -0.980. The van der Waals surface area contributed by atoms with Gasteiger partial charge in [0.05, 0.1) is 0 Å². The Balaban J connectivity index is 3.03. The molecule has 1 aromatic carbocycles. The smallest absolute Gasteiger partial charge is 0.119 e. The molecule has 0 atom stereocenters. The summed E-state index contributed by atoms with van der Waals surface area (Å²) in [6.45, 7) is 3.96. The van der Waals surface area contributed by atoms with Crippen LogP contribution in [-0.4, -0.2) is 5.11 Å². The van der Waals surface area contributed by atoms with Crippen molar-refractivity contribution in [1.29, 1.82) is 0 Å². The molecule has 10 heavy (non-hydrogen) atoms. The summed E-state index contributed by atoms with van der Waals surface area (Å²) in [6.07, 6.45) is 0. The molecule has 1 nitrogen and oxygen atoms in total. The van der Waals surface area contributed by atoms with E-state index in [9.17, 15) is 5.11 Å². The minimum absolute atomic E-state index is 0.363. The number of hydrogen-bond acceptors (Lipinski definition) is 1. The van der Waals surface area contributed by atoms with Gasteiger partial charge in [-0.1, -0.05) is 32.0 Å². The maximum absolute atomic E-state index is 9.26. The van der Waals surface area contributed by atoms with Crippen LogP contribution in [0, 0.1) is 5.92 Å². The van der Waals surface area contributed by atoms with Crippen LogP contribution in [0.2, 0.25) is 0 Å². The van der Waals surface area contributed by atoms with Gasteiger partial charge in [-0.2, -0.15) is 0 Å². The van der Waals surface area contributed by atoms with Gasteiger partial charge in [0.25, 0.3) is 0 Å². The van der Waals surface area contributed by atoms with Crippen molar-refractivity contribution in [1.82, 2.24) is 0 Å². The fourth-order valence-electron chi connectivity index (χ4n) is 0.896. The van der Waals surface area contributed by atoms with Crippen molar-refractivity contribution in [3.8, 4) is 5.75 Å². The predicted octanol–water partition coefficient (Wildman–Crippen LogP) is 2.35. The first-order chi connectivity index (χ1) is 4.72. The van der Waals surface area contributed by atoms with E-state index in [2.05, 4.69) is 0 Å². The summed E-state index contributed by atoms with van der Waals surface area (Å²) >= 11 is 0. The zero-order valence-electron chi connectivity index (χ0n) is 6.26. The summed E-state index contributed by atoms with van der Waals surface area (Å²) in [5.74, 6) is 1.50. The molecule has 0 saturated heterocycles. The topological polar surface area (TPSA) is 20.2 Å². The summed E-state index contributed by atoms with van der Waals surface area (Å²) < 4.78 is 0. The van der Waals surface area contributed by atoms with E-state index >= 15 is 0 Å². The minimum atomic E-state index is 0.363. The third-order valence-corrected chi connectivity index (χ3v) is 1.44. The average molecular weight is 135 g/mol. The second-order valence-corrected chi connectivity index (χ2v) is 2.52. The lowest BCUT2D eigenvalue weighted by Crippen LogP contribution is -1.86. The molecule has 0 aliphatic heterocycles. The Morgan fingerprint density at radius 1 is 1.20 bits per heavy atom. The molecule has 0 amide bonds. The molecule has 1 heteroatoms. The van der Waals surface area contributed by atoms with Crippen molar-refractivity contribution in [2.24, 2.45) is 0 Å². The van der Waals surface area contributed by atoms with E-state index < -0.39 is 0 Å². The summed E-state index contributed by atoms with van der Waals surface area (Å²) in [5, 5.41) is 9.26. The van der Waals surface area contributed by atoms with Gasteiger partial charge in [-0.05, 0) is 6.07 Å². The molecule has 0 heterocycles. The van der Waals surface area contributed by atoms with Crippen molar-refractivity contribution in [3.63, 3.8) is 0 Å². The second kappa shape index (κ2) is 2.74. The van der Waals surface area contributed by atoms with Crippen LogP contribution in [0.3, 0.4) is 0 Å². The highest BCUT2D eigenvalue weighted by Gasteiger charge is 2.02. The van der Waals surface area contributed by atoms with Gasteiger partial charge in [0.1, 0.15) is 5.75 Å². The van der Waals surface area contributed by atoms with Crippen molar-refractivity contribution in [2.75, 3.05) is 0 Å². The van der Waals surface area contributed by atoms with Crippen LogP contribution in [0.1, 0.15) is 19.4 Å². The number of hydrogen-bond donors (Lipinski definition) is 1. The number of rotatable bonds is 1. The minimum Gasteiger partial charge on any atom is -0.508 e. The van der Waals surface area contributed by atoms with E-state index in [0.29, 0.717) is 5.75 Å². The van der Waals surface area contributed by atoms with Gasteiger partial charge in [-0.15, -0.1) is 0 Å². The van der Waals surface area contributed by atoms with Gasteiger partial charge in [0.15, 0.2) is 0 Å². The van der Waals surface area contributed by atoms with E-state index in [1.54, 1.807) is 6.07 Å². The SMILES string of the molecule is C[C](C)c1ccccc1O. The Morgan fingerprint density at radius 3 is 2.20 bits per heavy atom. The fourth-order valence-corrected chi connectivity index (χ4v) is 0.896. The van der Waals surface area contributed by atoms with Crippen LogP contribution in [-0.2, 0) is 0 Å². The maximum Gasteiger partial charge on any atom is 0.119 e. The lowest BCUT2D eigenvalue weighted by Gasteiger charge is -2.05. The van der Waals surface area contributed by atoms with Crippen molar-refractivity contribution < 1.29 is 5.11 Å². The first-order valence-electron chi connectivity index (χ1n) is 3.30. The van der Waals surface area contributed by atoms with Crippen LogP contribution in [0.5, 0.6) is 5.75 Å². The zero-order chi connectivity index (χ0) is 7.56. The number of para-hydroxylation sites is 1. The summed E-state index contributed by atoms with van der Waals surface area (Å²) in [5.41, 5.74) is 0.933. The first-order valence-corrected chi connectivity index (χ1v) is 3.30. The normalized spacial score (nSPS) is 10.3. The molecule has 0 fully saturated rings. The molecule has 0 spiro atoms. The maximum atomic E-state index is 9.26. The molecular weight excluding hydrogens is 124 g/mol. The van der Waals surface area contributed by atoms with Gasteiger partial charge >= 0.3 is 0 Å². The van der Waals surface area contributed by atoms with Crippen LogP contribution >= 0.6 is 0 Å². The molecular formula is C9H11O. The van der Waals surface area contributed by atoms with Gasteiger partial charge in [-0.3, -0.25) is 0 Å². The summed E-state index contributed by atoms with van der Waals surface area (Å²) in [4.78, 5) is 0. The predicted molar refractivity (Wildman–Crippen MR) is 41.8 cm³/mol. The Morgan fingerprint density at radius 2 is 1.80 bits per heavy atom. The molecule has 0 bridgehead atoms. The molecule has 53 valence electrons. The van der Waals surface area contributed by atoms with Crippen molar-refractivity contribution >= 4 is 0 Å². The quantitative estimate of drug-likeness (QED) is 0.626. The monoisotopic (exact) mass is 135 g/mol. The van der Waals surface area contributed by atoms with Crippen molar-refractivity contribution in [2.45, 2.75) is 13.8 Å². The van der Waals surface area contributed by atoms with Crippen molar-refractivity contribution in [3.05, 3.63) is 35.7 Å².